The predicted molar refractivity (Wildman–Crippen MR) is 122 cm³/mol. The van der Waals surface area contributed by atoms with Gasteiger partial charge in [0.1, 0.15) is 5.75 Å². The van der Waals surface area contributed by atoms with Crippen LogP contribution in [0, 0.1) is 6.92 Å². The number of amides is 3. The Morgan fingerprint density at radius 2 is 1.66 bits per heavy atom. The highest BCUT2D eigenvalue weighted by atomic mass is 16.5. The second-order valence-corrected chi connectivity index (χ2v) is 7.78. The van der Waals surface area contributed by atoms with Crippen molar-refractivity contribution in [1.82, 2.24) is 10.7 Å². The molecule has 0 atom stereocenters. The highest BCUT2D eigenvalue weighted by Gasteiger charge is 2.16. The van der Waals surface area contributed by atoms with Crippen molar-refractivity contribution in [2.24, 2.45) is 5.10 Å². The molecule has 8 nitrogen and oxygen atoms in total. The van der Waals surface area contributed by atoms with Crippen LogP contribution in [0.2, 0.25) is 0 Å². The molecular weight excluding hydrogens is 408 g/mol. The van der Waals surface area contributed by atoms with Crippen molar-refractivity contribution < 1.29 is 19.1 Å². The number of anilines is 1. The zero-order valence-corrected chi connectivity index (χ0v) is 18.1. The summed E-state index contributed by atoms with van der Waals surface area (Å²) in [6, 6.07) is 14.2. The van der Waals surface area contributed by atoms with Gasteiger partial charge in [-0.2, -0.15) is 5.10 Å². The number of nitrogens with one attached hydrogen (secondary N) is 3. The van der Waals surface area contributed by atoms with Gasteiger partial charge in [0.2, 0.25) is 0 Å². The number of hydrogen-bond acceptors (Lipinski definition) is 5. The third-order valence-electron chi connectivity index (χ3n) is 5.12. The van der Waals surface area contributed by atoms with Crippen LogP contribution in [-0.2, 0) is 14.4 Å². The van der Waals surface area contributed by atoms with E-state index in [1.807, 2.05) is 19.1 Å². The highest BCUT2D eigenvalue weighted by Crippen LogP contribution is 2.17. The molecule has 0 bridgehead atoms. The van der Waals surface area contributed by atoms with Crippen LogP contribution in [0.3, 0.4) is 0 Å². The molecule has 0 unspecified atom stereocenters. The number of carbonyl (C=O) groups is 3. The molecule has 168 valence electrons. The predicted octanol–water partition coefficient (Wildman–Crippen LogP) is 2.91. The Labute approximate surface area is 187 Å². The van der Waals surface area contributed by atoms with Crippen LogP contribution in [0.5, 0.6) is 5.75 Å². The van der Waals surface area contributed by atoms with E-state index in [1.165, 1.54) is 12.6 Å². The molecule has 3 rings (SSSR count). The van der Waals surface area contributed by atoms with Crippen LogP contribution in [-0.4, -0.2) is 36.6 Å². The first-order valence-corrected chi connectivity index (χ1v) is 10.7. The first kappa shape index (κ1) is 23.0. The average molecular weight is 437 g/mol. The molecule has 0 heterocycles. The number of rotatable bonds is 7. The Morgan fingerprint density at radius 3 is 2.34 bits per heavy atom. The third kappa shape index (κ3) is 7.54. The largest absolute Gasteiger partial charge is 0.484 e. The summed E-state index contributed by atoms with van der Waals surface area (Å²) in [7, 11) is 0. The van der Waals surface area contributed by atoms with Crippen LogP contribution in [0.25, 0.3) is 0 Å². The van der Waals surface area contributed by atoms with Gasteiger partial charge in [-0.05, 0) is 61.7 Å². The van der Waals surface area contributed by atoms with Crippen molar-refractivity contribution >= 4 is 29.6 Å². The molecule has 0 aromatic heterocycles. The molecule has 8 heteroatoms. The number of aryl methyl sites for hydroxylation is 1. The van der Waals surface area contributed by atoms with Crippen molar-refractivity contribution in [3.8, 4) is 5.75 Å². The van der Waals surface area contributed by atoms with E-state index < -0.39 is 11.8 Å². The number of nitrogens with zero attached hydrogens (tertiary/aromatic N) is 1. The maximum Gasteiger partial charge on any atom is 0.329 e. The van der Waals surface area contributed by atoms with Gasteiger partial charge >= 0.3 is 11.8 Å². The highest BCUT2D eigenvalue weighted by molar-refractivity contribution is 6.39. The van der Waals surface area contributed by atoms with E-state index in [-0.39, 0.29) is 18.6 Å². The van der Waals surface area contributed by atoms with E-state index in [0.29, 0.717) is 17.0 Å². The lowest BCUT2D eigenvalue weighted by atomic mass is 9.95. The quantitative estimate of drug-likeness (QED) is 0.352. The number of carbonyl (C=O) groups excluding carboxylic acids is 3. The molecule has 2 aromatic rings. The molecule has 1 aliphatic rings. The average Bonchev–Trinajstić information content (AvgIpc) is 2.80. The second kappa shape index (κ2) is 11.6. The number of benzene rings is 2. The molecule has 2 aromatic carbocycles. The summed E-state index contributed by atoms with van der Waals surface area (Å²) in [5.74, 6) is -1.23. The lowest BCUT2D eigenvalue weighted by molar-refractivity contribution is -0.136. The van der Waals surface area contributed by atoms with Gasteiger partial charge in [0, 0.05) is 11.7 Å². The third-order valence-corrected chi connectivity index (χ3v) is 5.12. The van der Waals surface area contributed by atoms with Crippen molar-refractivity contribution in [1.29, 1.82) is 0 Å². The standard InChI is InChI=1S/C24H28N4O4/c1-17-7-11-20(12-8-17)27-23(30)24(31)28-25-15-18-9-13-21(14-10-18)32-16-22(29)26-19-5-3-2-4-6-19/h7-15,19H,2-6,16H2,1H3,(H,26,29)(H,27,30)(H,28,31)/b25-15-. The second-order valence-electron chi connectivity index (χ2n) is 7.78. The molecule has 1 fully saturated rings. The molecule has 3 N–H and O–H groups in total. The Bertz CT molecular complexity index is 949. The lowest BCUT2D eigenvalue weighted by Gasteiger charge is -2.22. The van der Waals surface area contributed by atoms with Crippen molar-refractivity contribution in [2.75, 3.05) is 11.9 Å². The summed E-state index contributed by atoms with van der Waals surface area (Å²) in [5.41, 5.74) is 4.47. The Balaban J connectivity index is 1.39. The normalized spacial score (nSPS) is 14.0. The topological polar surface area (TPSA) is 109 Å². The van der Waals surface area contributed by atoms with Crippen LogP contribution in [0.1, 0.15) is 43.2 Å². The summed E-state index contributed by atoms with van der Waals surface area (Å²) in [5, 5.41) is 9.30. The zero-order chi connectivity index (χ0) is 22.8. The molecule has 0 radical (unpaired) electrons. The Kier molecular flexibility index (Phi) is 8.36. The van der Waals surface area contributed by atoms with Crippen molar-refractivity contribution in [3.05, 3.63) is 59.7 Å². The van der Waals surface area contributed by atoms with Gasteiger partial charge in [-0.25, -0.2) is 5.43 Å². The summed E-state index contributed by atoms with van der Waals surface area (Å²) in [6.07, 6.45) is 7.03. The first-order valence-electron chi connectivity index (χ1n) is 10.7. The number of hydrogen-bond donors (Lipinski definition) is 3. The van der Waals surface area contributed by atoms with Gasteiger partial charge < -0.3 is 15.4 Å². The lowest BCUT2D eigenvalue weighted by Crippen LogP contribution is -2.38. The summed E-state index contributed by atoms with van der Waals surface area (Å²) >= 11 is 0. The molecular formula is C24H28N4O4. The zero-order valence-electron chi connectivity index (χ0n) is 18.1. The fourth-order valence-electron chi connectivity index (χ4n) is 3.36. The molecule has 0 saturated heterocycles. The molecule has 1 saturated carbocycles. The minimum absolute atomic E-state index is 0.0317. The molecule has 3 amide bonds. The molecule has 0 spiro atoms. The maximum atomic E-state index is 12.0. The van der Waals surface area contributed by atoms with Crippen LogP contribution >= 0.6 is 0 Å². The fraction of sp³-hybridized carbons (Fsp3) is 0.333. The van der Waals surface area contributed by atoms with E-state index in [2.05, 4.69) is 21.2 Å². The van der Waals surface area contributed by atoms with Gasteiger partial charge in [0.25, 0.3) is 5.91 Å². The summed E-state index contributed by atoms with van der Waals surface area (Å²) in [4.78, 5) is 35.8. The minimum atomic E-state index is -0.870. The summed E-state index contributed by atoms with van der Waals surface area (Å²) in [6.45, 7) is 1.90. The van der Waals surface area contributed by atoms with E-state index >= 15 is 0 Å². The minimum Gasteiger partial charge on any atom is -0.484 e. The van der Waals surface area contributed by atoms with Gasteiger partial charge in [0.15, 0.2) is 6.61 Å². The van der Waals surface area contributed by atoms with E-state index in [0.717, 1.165) is 31.2 Å². The SMILES string of the molecule is Cc1ccc(NC(=O)C(=O)N/N=C\c2ccc(OCC(=O)NC3CCCCC3)cc2)cc1. The van der Waals surface area contributed by atoms with E-state index in [4.69, 9.17) is 4.74 Å². The van der Waals surface area contributed by atoms with Gasteiger partial charge in [-0.15, -0.1) is 0 Å². The van der Waals surface area contributed by atoms with E-state index in [1.54, 1.807) is 36.4 Å². The van der Waals surface area contributed by atoms with Crippen molar-refractivity contribution in [3.63, 3.8) is 0 Å². The Hall–Kier alpha value is -3.68. The van der Waals surface area contributed by atoms with E-state index in [9.17, 15) is 14.4 Å². The van der Waals surface area contributed by atoms with Crippen LogP contribution in [0.4, 0.5) is 5.69 Å². The van der Waals surface area contributed by atoms with Gasteiger partial charge in [-0.3, -0.25) is 14.4 Å². The summed E-state index contributed by atoms with van der Waals surface area (Å²) < 4.78 is 5.52. The molecule has 32 heavy (non-hydrogen) atoms. The number of ether oxygens (including phenoxy) is 1. The molecule has 1 aliphatic carbocycles. The van der Waals surface area contributed by atoms with Crippen LogP contribution < -0.4 is 20.8 Å². The fourth-order valence-corrected chi connectivity index (χ4v) is 3.36. The van der Waals surface area contributed by atoms with Crippen LogP contribution in [0.15, 0.2) is 53.6 Å². The maximum absolute atomic E-state index is 12.0. The van der Waals surface area contributed by atoms with Crippen molar-refractivity contribution in [2.45, 2.75) is 45.1 Å². The Morgan fingerprint density at radius 1 is 0.969 bits per heavy atom. The van der Waals surface area contributed by atoms with Gasteiger partial charge in [0.05, 0.1) is 6.21 Å². The van der Waals surface area contributed by atoms with Gasteiger partial charge in [-0.1, -0.05) is 37.0 Å². The monoisotopic (exact) mass is 436 g/mol. The molecule has 0 aliphatic heterocycles. The smallest absolute Gasteiger partial charge is 0.329 e. The first-order chi connectivity index (χ1) is 15.5. The number of hydrazone groups is 1.